The van der Waals surface area contributed by atoms with Crippen LogP contribution in [-0.4, -0.2) is 36.9 Å². The van der Waals surface area contributed by atoms with Crippen molar-refractivity contribution in [2.24, 2.45) is 5.92 Å². The van der Waals surface area contributed by atoms with E-state index in [-0.39, 0.29) is 11.8 Å². The summed E-state index contributed by atoms with van der Waals surface area (Å²) in [6.45, 7) is 3.45. The van der Waals surface area contributed by atoms with Crippen molar-refractivity contribution in [3.63, 3.8) is 0 Å². The Bertz CT molecular complexity index is 1200. The van der Waals surface area contributed by atoms with E-state index in [2.05, 4.69) is 11.4 Å². The summed E-state index contributed by atoms with van der Waals surface area (Å²) in [7, 11) is 1.49. The molecule has 2 aliphatic rings. The quantitative estimate of drug-likeness (QED) is 0.558. The van der Waals surface area contributed by atoms with E-state index in [1.54, 1.807) is 18.2 Å². The summed E-state index contributed by atoms with van der Waals surface area (Å²) in [6.07, 6.45) is 8.20. The van der Waals surface area contributed by atoms with Crippen LogP contribution in [0.4, 0.5) is 5.69 Å². The molecule has 4 rings (SSSR count). The predicted molar refractivity (Wildman–Crippen MR) is 138 cm³/mol. The van der Waals surface area contributed by atoms with E-state index in [9.17, 15) is 14.9 Å². The van der Waals surface area contributed by atoms with Gasteiger partial charge in [-0.2, -0.15) is 5.26 Å². The number of methoxy groups -OCH3 is 1. The van der Waals surface area contributed by atoms with Crippen LogP contribution in [0.25, 0.3) is 6.08 Å². The second-order valence-corrected chi connectivity index (χ2v) is 9.73. The number of benzene rings is 2. The minimum absolute atomic E-state index is 0.218. The number of halogens is 1. The number of nitrogens with one attached hydrogen (secondary N) is 1. The van der Waals surface area contributed by atoms with Crippen LogP contribution >= 0.6 is 11.6 Å². The zero-order valence-corrected chi connectivity index (χ0v) is 21.0. The fraction of sp³-hybridized carbons (Fsp3) is 0.393. The fourth-order valence-electron chi connectivity index (χ4n) is 4.90. The maximum atomic E-state index is 13.0. The van der Waals surface area contributed by atoms with Crippen LogP contribution in [0.2, 0.25) is 5.02 Å². The Kier molecular flexibility index (Phi) is 7.77. The average Bonchev–Trinajstić information content (AvgIpc) is 3.41. The summed E-state index contributed by atoms with van der Waals surface area (Å²) in [4.78, 5) is 27.7. The topological polar surface area (TPSA) is 82.4 Å². The molecule has 0 unspecified atom stereocenters. The molecule has 1 aliphatic heterocycles. The van der Waals surface area contributed by atoms with Gasteiger partial charge in [0.05, 0.1) is 18.7 Å². The van der Waals surface area contributed by atoms with Gasteiger partial charge in [-0.05, 0) is 74.1 Å². The van der Waals surface area contributed by atoms with Gasteiger partial charge in [-0.25, -0.2) is 0 Å². The molecule has 1 saturated heterocycles. The van der Waals surface area contributed by atoms with Crippen LogP contribution in [0.1, 0.15) is 65.6 Å². The van der Waals surface area contributed by atoms with Crippen molar-refractivity contribution in [1.29, 1.82) is 5.26 Å². The van der Waals surface area contributed by atoms with Crippen LogP contribution in [0.5, 0.6) is 5.75 Å². The molecule has 2 fully saturated rings. The highest BCUT2D eigenvalue weighted by Crippen LogP contribution is 2.31. The van der Waals surface area contributed by atoms with E-state index in [1.165, 1.54) is 31.6 Å². The standard InChI is InChI=1S/C28H30ClN3O3/c1-18-22(11-19-7-9-32(10-8-19)28(34)21-5-3-4-6-21)14-24(29)16-26(18)31-27(33)23-12-20(17-30)13-25(15-23)35-2/h11-16,21H,3-10H2,1-2H3,(H,31,33). The van der Waals surface area contributed by atoms with Gasteiger partial charge in [0.2, 0.25) is 5.91 Å². The van der Waals surface area contributed by atoms with Gasteiger partial charge in [-0.3, -0.25) is 9.59 Å². The molecule has 0 aromatic heterocycles. The lowest BCUT2D eigenvalue weighted by Crippen LogP contribution is -2.39. The molecule has 6 nitrogen and oxygen atoms in total. The highest BCUT2D eigenvalue weighted by atomic mass is 35.5. The summed E-state index contributed by atoms with van der Waals surface area (Å²) in [5.74, 6) is 0.640. The molecule has 0 radical (unpaired) electrons. The molecule has 2 aromatic carbocycles. The molecule has 0 bridgehead atoms. The smallest absolute Gasteiger partial charge is 0.255 e. The molecule has 2 amide bonds. The molecule has 0 spiro atoms. The van der Waals surface area contributed by atoms with Gasteiger partial charge in [0.1, 0.15) is 5.75 Å². The largest absolute Gasteiger partial charge is 0.497 e. The Hall–Kier alpha value is -3.30. The van der Waals surface area contributed by atoms with E-state index >= 15 is 0 Å². The lowest BCUT2D eigenvalue weighted by molar-refractivity contribution is -0.135. The molecule has 0 atom stereocenters. The summed E-state index contributed by atoms with van der Waals surface area (Å²) in [5.41, 5.74) is 4.42. The number of rotatable bonds is 5. The van der Waals surface area contributed by atoms with E-state index in [1.807, 2.05) is 24.0 Å². The zero-order valence-electron chi connectivity index (χ0n) is 20.2. The van der Waals surface area contributed by atoms with E-state index in [0.29, 0.717) is 33.5 Å². The van der Waals surface area contributed by atoms with Gasteiger partial charge >= 0.3 is 0 Å². The Morgan fingerprint density at radius 2 is 1.86 bits per heavy atom. The van der Waals surface area contributed by atoms with E-state index in [0.717, 1.165) is 49.9 Å². The van der Waals surface area contributed by atoms with Crippen molar-refractivity contribution >= 4 is 35.2 Å². The Balaban J connectivity index is 1.48. The molecular weight excluding hydrogens is 462 g/mol. The van der Waals surface area contributed by atoms with Gasteiger partial charge in [-0.15, -0.1) is 0 Å². The molecular formula is C28H30ClN3O3. The molecule has 1 aliphatic carbocycles. The van der Waals surface area contributed by atoms with Crippen LogP contribution in [0, 0.1) is 24.2 Å². The minimum atomic E-state index is -0.344. The number of likely N-dealkylation sites (tertiary alicyclic amines) is 1. The maximum absolute atomic E-state index is 13.0. The number of hydrogen-bond donors (Lipinski definition) is 1. The van der Waals surface area contributed by atoms with Crippen LogP contribution < -0.4 is 10.1 Å². The van der Waals surface area contributed by atoms with Gasteiger partial charge in [0.25, 0.3) is 5.91 Å². The highest BCUT2D eigenvalue weighted by molar-refractivity contribution is 6.31. The molecule has 182 valence electrons. The van der Waals surface area contributed by atoms with Gasteiger partial charge in [0, 0.05) is 35.3 Å². The third-order valence-corrected chi connectivity index (χ3v) is 7.19. The van der Waals surface area contributed by atoms with E-state index in [4.69, 9.17) is 16.3 Å². The molecule has 1 heterocycles. The molecule has 35 heavy (non-hydrogen) atoms. The molecule has 7 heteroatoms. The molecule has 1 saturated carbocycles. The number of hydrogen-bond acceptors (Lipinski definition) is 4. The second-order valence-electron chi connectivity index (χ2n) is 9.29. The number of nitrogens with zero attached hydrogens (tertiary/aromatic N) is 2. The number of carbonyl (C=O) groups is 2. The Labute approximate surface area is 211 Å². The lowest BCUT2D eigenvalue weighted by atomic mass is 9.96. The third-order valence-electron chi connectivity index (χ3n) is 6.98. The summed E-state index contributed by atoms with van der Waals surface area (Å²) in [6, 6.07) is 10.4. The van der Waals surface area contributed by atoms with E-state index < -0.39 is 0 Å². The van der Waals surface area contributed by atoms with Gasteiger partial charge in [0.15, 0.2) is 0 Å². The fourth-order valence-corrected chi connectivity index (χ4v) is 5.12. The average molecular weight is 492 g/mol. The van der Waals surface area contributed by atoms with Gasteiger partial charge in [-0.1, -0.05) is 36.1 Å². The van der Waals surface area contributed by atoms with Crippen molar-refractivity contribution in [3.05, 3.63) is 63.2 Å². The highest BCUT2D eigenvalue weighted by Gasteiger charge is 2.28. The number of piperidine rings is 1. The number of carbonyl (C=O) groups excluding carboxylic acids is 2. The van der Waals surface area contributed by atoms with Crippen LogP contribution in [-0.2, 0) is 4.79 Å². The van der Waals surface area contributed by atoms with Gasteiger partial charge < -0.3 is 15.0 Å². The SMILES string of the molecule is COc1cc(C#N)cc(C(=O)Nc2cc(Cl)cc(C=C3CCN(C(=O)C4CCCC4)CC3)c2C)c1. The van der Waals surface area contributed by atoms with Crippen molar-refractivity contribution in [3.8, 4) is 11.8 Å². The second kappa shape index (κ2) is 11.0. The Morgan fingerprint density at radius 1 is 1.14 bits per heavy atom. The Morgan fingerprint density at radius 3 is 2.51 bits per heavy atom. The number of amides is 2. The summed E-state index contributed by atoms with van der Waals surface area (Å²) in [5, 5.41) is 12.7. The third kappa shape index (κ3) is 5.86. The monoisotopic (exact) mass is 491 g/mol. The van der Waals surface area contributed by atoms with Crippen LogP contribution in [0.15, 0.2) is 35.9 Å². The first-order chi connectivity index (χ1) is 16.9. The normalized spacial score (nSPS) is 16.1. The summed E-state index contributed by atoms with van der Waals surface area (Å²) < 4.78 is 5.21. The first-order valence-corrected chi connectivity index (χ1v) is 12.4. The zero-order chi connectivity index (χ0) is 24.9. The summed E-state index contributed by atoms with van der Waals surface area (Å²) >= 11 is 6.41. The number of anilines is 1. The van der Waals surface area contributed by atoms with Crippen molar-refractivity contribution in [1.82, 2.24) is 4.90 Å². The first kappa shape index (κ1) is 24.8. The minimum Gasteiger partial charge on any atom is -0.497 e. The number of nitriles is 1. The van der Waals surface area contributed by atoms with Crippen molar-refractivity contribution in [2.45, 2.75) is 45.4 Å². The maximum Gasteiger partial charge on any atom is 0.255 e. The molecule has 1 N–H and O–H groups in total. The first-order valence-electron chi connectivity index (χ1n) is 12.1. The predicted octanol–water partition coefficient (Wildman–Crippen LogP) is 5.98. The lowest BCUT2D eigenvalue weighted by Gasteiger charge is -2.30. The van der Waals surface area contributed by atoms with Crippen molar-refractivity contribution < 1.29 is 14.3 Å². The number of ether oxygens (including phenoxy) is 1. The molecule has 2 aromatic rings. The van der Waals surface area contributed by atoms with Crippen LogP contribution in [0.3, 0.4) is 0 Å². The van der Waals surface area contributed by atoms with Crippen molar-refractivity contribution in [2.75, 3.05) is 25.5 Å².